The quantitative estimate of drug-likeness (QED) is 0.634. The Morgan fingerprint density at radius 2 is 1.65 bits per heavy atom. The average molecular weight is 315 g/mol. The molecule has 1 aliphatic rings. The fourth-order valence-electron chi connectivity index (χ4n) is 1.66. The fourth-order valence-corrected chi connectivity index (χ4v) is 2.13. The molecular formula is C12H16BBrO2S. The summed E-state index contributed by atoms with van der Waals surface area (Å²) in [4.78, 5) is 0.886. The lowest BCUT2D eigenvalue weighted by Gasteiger charge is -2.32. The summed E-state index contributed by atoms with van der Waals surface area (Å²) >= 11 is 7.81. The number of hydrogen-bond donors (Lipinski definition) is 1. The third kappa shape index (κ3) is 2.43. The van der Waals surface area contributed by atoms with E-state index in [1.54, 1.807) is 0 Å². The molecule has 1 aliphatic heterocycles. The molecule has 2 rings (SSSR count). The van der Waals surface area contributed by atoms with Gasteiger partial charge >= 0.3 is 7.12 Å². The Morgan fingerprint density at radius 1 is 1.12 bits per heavy atom. The lowest BCUT2D eigenvalue weighted by molar-refractivity contribution is 0.00578. The topological polar surface area (TPSA) is 18.5 Å². The van der Waals surface area contributed by atoms with Crippen molar-refractivity contribution in [1.82, 2.24) is 0 Å². The van der Waals surface area contributed by atoms with Crippen LogP contribution in [0.5, 0.6) is 0 Å². The van der Waals surface area contributed by atoms with Crippen LogP contribution in [-0.2, 0) is 9.31 Å². The van der Waals surface area contributed by atoms with E-state index in [0.29, 0.717) is 0 Å². The number of rotatable bonds is 1. The molecule has 0 spiro atoms. The molecule has 0 amide bonds. The van der Waals surface area contributed by atoms with Crippen LogP contribution in [0.1, 0.15) is 27.7 Å². The molecule has 1 heterocycles. The van der Waals surface area contributed by atoms with Gasteiger partial charge in [0.05, 0.1) is 11.2 Å². The Labute approximate surface area is 117 Å². The Morgan fingerprint density at radius 3 is 2.12 bits per heavy atom. The van der Waals surface area contributed by atoms with E-state index in [9.17, 15) is 0 Å². The van der Waals surface area contributed by atoms with Crippen molar-refractivity contribution in [2.45, 2.75) is 43.8 Å². The Hall–Kier alpha value is 0.0349. The van der Waals surface area contributed by atoms with Crippen LogP contribution in [0.2, 0.25) is 0 Å². The van der Waals surface area contributed by atoms with Gasteiger partial charge in [0.25, 0.3) is 0 Å². The lowest BCUT2D eigenvalue weighted by atomic mass is 9.79. The van der Waals surface area contributed by atoms with Gasteiger partial charge in [0.1, 0.15) is 0 Å². The van der Waals surface area contributed by atoms with E-state index in [1.165, 1.54) is 0 Å². The van der Waals surface area contributed by atoms with Crippen molar-refractivity contribution in [2.75, 3.05) is 0 Å². The minimum atomic E-state index is -0.320. The maximum atomic E-state index is 5.97. The molecule has 17 heavy (non-hydrogen) atoms. The number of hydrogen-bond acceptors (Lipinski definition) is 3. The molecule has 1 saturated heterocycles. The zero-order valence-corrected chi connectivity index (χ0v) is 12.9. The Bertz CT molecular complexity index is 432. The second kappa shape index (κ2) is 4.30. The minimum Gasteiger partial charge on any atom is -0.399 e. The molecule has 5 heteroatoms. The first-order valence-electron chi connectivity index (χ1n) is 5.57. The fraction of sp³-hybridized carbons (Fsp3) is 0.500. The molecule has 0 bridgehead atoms. The highest BCUT2D eigenvalue weighted by Gasteiger charge is 2.51. The van der Waals surface area contributed by atoms with Crippen LogP contribution in [0.25, 0.3) is 0 Å². The van der Waals surface area contributed by atoms with Gasteiger partial charge in [0.2, 0.25) is 0 Å². The number of halogens is 1. The predicted molar refractivity (Wildman–Crippen MR) is 77.1 cm³/mol. The standard InChI is InChI=1S/C12H16BBrO2S/c1-11(2)12(3,4)16-13(15-11)8-5-6-9(14)10(17)7-8/h5-7,17H,1-4H3. The first-order chi connectivity index (χ1) is 7.73. The largest absolute Gasteiger partial charge is 0.494 e. The molecule has 92 valence electrons. The molecule has 0 aliphatic carbocycles. The highest BCUT2D eigenvalue weighted by Crippen LogP contribution is 2.36. The van der Waals surface area contributed by atoms with Crippen molar-refractivity contribution in [3.05, 3.63) is 22.7 Å². The molecule has 1 fully saturated rings. The summed E-state index contributed by atoms with van der Waals surface area (Å²) in [6.45, 7) is 8.20. The molecule has 0 radical (unpaired) electrons. The normalized spacial score (nSPS) is 21.9. The molecule has 0 saturated carbocycles. The second-order valence-electron chi connectivity index (χ2n) is 5.30. The van der Waals surface area contributed by atoms with E-state index in [2.05, 4.69) is 28.6 Å². The minimum absolute atomic E-state index is 0.304. The van der Waals surface area contributed by atoms with Crippen molar-refractivity contribution < 1.29 is 9.31 Å². The molecule has 1 aromatic carbocycles. The van der Waals surface area contributed by atoms with Gasteiger partial charge in [-0.3, -0.25) is 0 Å². The van der Waals surface area contributed by atoms with Crippen molar-refractivity contribution in [3.63, 3.8) is 0 Å². The third-order valence-corrected chi connectivity index (χ3v) is 4.86. The van der Waals surface area contributed by atoms with Gasteiger partial charge in [-0.05, 0) is 61.2 Å². The van der Waals surface area contributed by atoms with Crippen LogP contribution in [0.3, 0.4) is 0 Å². The maximum Gasteiger partial charge on any atom is 0.494 e. The van der Waals surface area contributed by atoms with E-state index >= 15 is 0 Å². The average Bonchev–Trinajstić information content (AvgIpc) is 2.41. The number of benzene rings is 1. The summed E-state index contributed by atoms with van der Waals surface area (Å²) in [6.07, 6.45) is 0. The summed E-state index contributed by atoms with van der Waals surface area (Å²) < 4.78 is 12.9. The van der Waals surface area contributed by atoms with Gasteiger partial charge in [0, 0.05) is 9.37 Å². The van der Waals surface area contributed by atoms with Crippen molar-refractivity contribution in [2.24, 2.45) is 0 Å². The predicted octanol–water partition coefficient (Wildman–Crippen LogP) is 3.04. The molecular weight excluding hydrogens is 299 g/mol. The Balaban J connectivity index is 2.29. The first-order valence-corrected chi connectivity index (χ1v) is 6.81. The van der Waals surface area contributed by atoms with Crippen molar-refractivity contribution in [1.29, 1.82) is 0 Å². The van der Waals surface area contributed by atoms with Crippen LogP contribution >= 0.6 is 28.6 Å². The molecule has 2 nitrogen and oxygen atoms in total. The Kier molecular flexibility index (Phi) is 3.41. The second-order valence-corrected chi connectivity index (χ2v) is 6.64. The van der Waals surface area contributed by atoms with Crippen LogP contribution in [0, 0.1) is 0 Å². The van der Waals surface area contributed by atoms with Gasteiger partial charge in [-0.2, -0.15) is 0 Å². The van der Waals surface area contributed by atoms with Gasteiger partial charge < -0.3 is 9.31 Å². The number of thiol groups is 1. The van der Waals surface area contributed by atoms with Gasteiger partial charge in [-0.15, -0.1) is 12.6 Å². The monoisotopic (exact) mass is 314 g/mol. The SMILES string of the molecule is CC1(C)OB(c2ccc(Br)c(S)c2)OC1(C)C. The van der Waals surface area contributed by atoms with Crippen LogP contribution in [0.15, 0.2) is 27.6 Å². The highest BCUT2D eigenvalue weighted by atomic mass is 79.9. The summed E-state index contributed by atoms with van der Waals surface area (Å²) in [6, 6.07) is 5.92. The van der Waals surface area contributed by atoms with Gasteiger partial charge in [0.15, 0.2) is 0 Å². The molecule has 0 aromatic heterocycles. The van der Waals surface area contributed by atoms with Crippen LogP contribution < -0.4 is 5.46 Å². The van der Waals surface area contributed by atoms with E-state index in [1.807, 2.05) is 45.9 Å². The summed E-state index contributed by atoms with van der Waals surface area (Å²) in [5, 5.41) is 0. The molecule has 0 unspecified atom stereocenters. The first kappa shape index (κ1) is 13.5. The van der Waals surface area contributed by atoms with E-state index < -0.39 is 0 Å². The summed E-state index contributed by atoms with van der Waals surface area (Å²) in [7, 11) is -0.320. The van der Waals surface area contributed by atoms with Gasteiger partial charge in [-0.1, -0.05) is 6.07 Å². The molecule has 1 aromatic rings. The third-order valence-electron chi connectivity index (χ3n) is 3.50. The highest BCUT2D eigenvalue weighted by molar-refractivity contribution is 9.10. The van der Waals surface area contributed by atoms with E-state index in [-0.39, 0.29) is 18.3 Å². The van der Waals surface area contributed by atoms with Crippen LogP contribution in [0.4, 0.5) is 0 Å². The van der Waals surface area contributed by atoms with Gasteiger partial charge in [-0.25, -0.2) is 0 Å². The van der Waals surface area contributed by atoms with Crippen molar-refractivity contribution >= 4 is 41.1 Å². The molecule has 0 N–H and O–H groups in total. The summed E-state index contributed by atoms with van der Waals surface area (Å²) in [5.74, 6) is 0. The lowest BCUT2D eigenvalue weighted by Crippen LogP contribution is -2.41. The molecule has 0 atom stereocenters. The zero-order valence-electron chi connectivity index (χ0n) is 10.5. The van der Waals surface area contributed by atoms with E-state index in [0.717, 1.165) is 14.8 Å². The van der Waals surface area contributed by atoms with E-state index in [4.69, 9.17) is 9.31 Å². The van der Waals surface area contributed by atoms with Crippen LogP contribution in [-0.4, -0.2) is 18.3 Å². The maximum absolute atomic E-state index is 5.97. The zero-order chi connectivity index (χ0) is 12.8. The smallest absolute Gasteiger partial charge is 0.399 e. The van der Waals surface area contributed by atoms with Crippen molar-refractivity contribution in [3.8, 4) is 0 Å². The summed E-state index contributed by atoms with van der Waals surface area (Å²) in [5.41, 5.74) is 0.389.